The summed E-state index contributed by atoms with van der Waals surface area (Å²) in [6, 6.07) is 53.8. The first kappa shape index (κ1) is 35.3. The number of furan rings is 1. The van der Waals surface area contributed by atoms with Crippen LogP contribution < -0.4 is 0 Å². The molecule has 7 heteroatoms. The van der Waals surface area contributed by atoms with E-state index in [1.165, 1.54) is 16.7 Å². The van der Waals surface area contributed by atoms with Gasteiger partial charge in [-0.25, -0.2) is 0 Å². The summed E-state index contributed by atoms with van der Waals surface area (Å²) in [5.74, 6) is 0.222. The summed E-state index contributed by atoms with van der Waals surface area (Å²) in [6.07, 6.45) is 16.7. The van der Waals surface area contributed by atoms with Crippen molar-refractivity contribution in [2.75, 3.05) is 0 Å². The van der Waals surface area contributed by atoms with E-state index in [2.05, 4.69) is 159 Å². The van der Waals surface area contributed by atoms with E-state index in [9.17, 15) is 0 Å². The largest absolute Gasteiger partial charge is 0.456 e. The van der Waals surface area contributed by atoms with Gasteiger partial charge >= 0.3 is 0 Å². The lowest BCUT2D eigenvalue weighted by Crippen LogP contribution is -2.07. The second kappa shape index (κ2) is 14.1. The minimum atomic E-state index is 0.222. The SMILES string of the molecule is C1=CC(c2cccc(-c3cccnc3)c2)Cc2c1n(-c1ccc3oc4ccc(-n5c6ccc(-c7cccc(-c8cccnc8)c7)cc6c6ncccc65)cc4c3c1)c1cccnc21. The summed E-state index contributed by atoms with van der Waals surface area (Å²) in [5, 5.41) is 3.21. The summed E-state index contributed by atoms with van der Waals surface area (Å²) in [4.78, 5) is 18.6. The van der Waals surface area contributed by atoms with E-state index in [0.29, 0.717) is 0 Å². The van der Waals surface area contributed by atoms with Crippen LogP contribution in [0, 0.1) is 0 Å². The molecule has 7 heterocycles. The highest BCUT2D eigenvalue weighted by atomic mass is 16.3. The van der Waals surface area contributed by atoms with Gasteiger partial charge in [0.05, 0.1) is 33.3 Å². The Kier molecular flexibility index (Phi) is 7.90. The van der Waals surface area contributed by atoms with Gasteiger partial charge < -0.3 is 13.6 Å². The highest BCUT2D eigenvalue weighted by molar-refractivity contribution is 6.10. The quantitative estimate of drug-likeness (QED) is 0.167. The fourth-order valence-corrected chi connectivity index (χ4v) is 9.79. The fraction of sp³-hybridized carbons (Fsp3) is 0.0357. The first-order chi connectivity index (χ1) is 31.2. The first-order valence-corrected chi connectivity index (χ1v) is 21.3. The second-order valence-corrected chi connectivity index (χ2v) is 16.3. The molecule has 1 aliphatic carbocycles. The van der Waals surface area contributed by atoms with E-state index in [0.717, 1.165) is 106 Å². The van der Waals surface area contributed by atoms with Crippen LogP contribution in [0.1, 0.15) is 22.7 Å². The Balaban J connectivity index is 0.906. The van der Waals surface area contributed by atoms with Gasteiger partial charge in [0.15, 0.2) is 0 Å². The van der Waals surface area contributed by atoms with Crippen LogP contribution in [0.2, 0.25) is 0 Å². The lowest BCUT2D eigenvalue weighted by atomic mass is 9.86. The van der Waals surface area contributed by atoms with Gasteiger partial charge in [0.1, 0.15) is 11.2 Å². The number of aromatic nitrogens is 6. The standard InChI is InChI=1S/C56H36N6O/c1-7-35(27-37(9-1)41-11-3-23-57-33-41)39-15-19-49-47(29-39)55-51(13-5-25-59-55)61(49)43-17-21-53-45(31-43)46-32-44(18-22-54(46)63-53)62-50-20-16-40(30-48(50)56-52(62)14-6-26-60-56)36-8-2-10-38(28-36)42-12-4-24-58-34-42/h1-29,31-34,40H,30H2. The number of benzene rings is 5. The van der Waals surface area contributed by atoms with Crippen LogP contribution in [0.3, 0.4) is 0 Å². The maximum Gasteiger partial charge on any atom is 0.135 e. The molecule has 0 fully saturated rings. The summed E-state index contributed by atoms with van der Waals surface area (Å²) in [6.45, 7) is 0. The van der Waals surface area contributed by atoms with Crippen molar-refractivity contribution in [1.29, 1.82) is 0 Å². The third kappa shape index (κ3) is 5.74. The molecule has 63 heavy (non-hydrogen) atoms. The van der Waals surface area contributed by atoms with Gasteiger partial charge in [0.2, 0.25) is 0 Å². The Morgan fingerprint density at radius 2 is 1.06 bits per heavy atom. The maximum atomic E-state index is 6.52. The van der Waals surface area contributed by atoms with E-state index in [1.807, 2.05) is 61.4 Å². The Hall–Kier alpha value is -8.42. The Morgan fingerprint density at radius 3 is 1.78 bits per heavy atom. The molecule has 296 valence electrons. The van der Waals surface area contributed by atoms with Crippen molar-refractivity contribution in [1.82, 2.24) is 29.1 Å². The van der Waals surface area contributed by atoms with Crippen molar-refractivity contribution in [2.45, 2.75) is 12.3 Å². The number of hydrogen-bond donors (Lipinski definition) is 0. The van der Waals surface area contributed by atoms with Gasteiger partial charge in [0, 0.05) is 81.8 Å². The average molecular weight is 809 g/mol. The number of allylic oxidation sites excluding steroid dienone is 1. The van der Waals surface area contributed by atoms with E-state index >= 15 is 0 Å². The molecular weight excluding hydrogens is 773 g/mol. The van der Waals surface area contributed by atoms with Crippen LogP contribution in [0.5, 0.6) is 0 Å². The zero-order valence-electron chi connectivity index (χ0n) is 33.9. The van der Waals surface area contributed by atoms with Gasteiger partial charge in [-0.3, -0.25) is 19.9 Å². The van der Waals surface area contributed by atoms with Gasteiger partial charge in [-0.2, -0.15) is 0 Å². The number of pyridine rings is 4. The molecule has 0 N–H and O–H groups in total. The highest BCUT2D eigenvalue weighted by Gasteiger charge is 2.25. The third-order valence-corrected chi connectivity index (χ3v) is 12.7. The molecule has 12 aromatic rings. The minimum Gasteiger partial charge on any atom is -0.456 e. The molecule has 1 unspecified atom stereocenters. The number of rotatable bonds is 6. The predicted molar refractivity (Wildman–Crippen MR) is 254 cm³/mol. The maximum absolute atomic E-state index is 6.52. The zero-order valence-corrected chi connectivity index (χ0v) is 33.9. The third-order valence-electron chi connectivity index (χ3n) is 12.7. The number of hydrogen-bond acceptors (Lipinski definition) is 5. The summed E-state index contributed by atoms with van der Waals surface area (Å²) < 4.78 is 11.2. The summed E-state index contributed by atoms with van der Waals surface area (Å²) >= 11 is 0. The molecule has 0 aliphatic heterocycles. The molecule has 0 amide bonds. The van der Waals surface area contributed by atoms with Crippen molar-refractivity contribution in [2.24, 2.45) is 0 Å². The van der Waals surface area contributed by atoms with Crippen LogP contribution in [0.25, 0.3) is 106 Å². The molecule has 1 atom stereocenters. The normalized spacial score (nSPS) is 13.7. The number of fused-ring (bicyclic) bond motifs is 9. The molecule has 0 radical (unpaired) electrons. The molecule has 5 aromatic carbocycles. The fourth-order valence-electron chi connectivity index (χ4n) is 9.79. The zero-order chi connectivity index (χ0) is 41.4. The number of nitrogens with zero attached hydrogens (tertiary/aromatic N) is 6. The van der Waals surface area contributed by atoms with Crippen LogP contribution in [-0.2, 0) is 6.42 Å². The highest BCUT2D eigenvalue weighted by Crippen LogP contribution is 2.41. The van der Waals surface area contributed by atoms with Gasteiger partial charge in [0.25, 0.3) is 0 Å². The Bertz CT molecular complexity index is 3780. The van der Waals surface area contributed by atoms with Crippen LogP contribution >= 0.6 is 0 Å². The second-order valence-electron chi connectivity index (χ2n) is 16.3. The molecule has 13 rings (SSSR count). The van der Waals surface area contributed by atoms with Gasteiger partial charge in [-0.05, 0) is 137 Å². The molecule has 1 aliphatic rings. The van der Waals surface area contributed by atoms with Crippen LogP contribution in [0.4, 0.5) is 0 Å². The molecule has 0 bridgehead atoms. The van der Waals surface area contributed by atoms with E-state index in [1.54, 1.807) is 0 Å². The van der Waals surface area contributed by atoms with Gasteiger partial charge in [-0.1, -0.05) is 66.7 Å². The van der Waals surface area contributed by atoms with E-state index in [-0.39, 0.29) is 5.92 Å². The van der Waals surface area contributed by atoms with E-state index < -0.39 is 0 Å². The lowest BCUT2D eigenvalue weighted by Gasteiger charge is -2.20. The topological polar surface area (TPSA) is 74.6 Å². The lowest BCUT2D eigenvalue weighted by molar-refractivity contribution is 0.669. The smallest absolute Gasteiger partial charge is 0.135 e. The average Bonchev–Trinajstić information content (AvgIpc) is 4.01. The van der Waals surface area contributed by atoms with Crippen molar-refractivity contribution < 1.29 is 4.42 Å². The van der Waals surface area contributed by atoms with Crippen molar-refractivity contribution in [3.63, 3.8) is 0 Å². The Labute approximate surface area is 361 Å². The minimum absolute atomic E-state index is 0.222. The molecule has 0 saturated heterocycles. The summed E-state index contributed by atoms with van der Waals surface area (Å²) in [5.41, 5.74) is 19.5. The van der Waals surface area contributed by atoms with Crippen molar-refractivity contribution in [3.8, 4) is 44.8 Å². The van der Waals surface area contributed by atoms with Crippen molar-refractivity contribution >= 4 is 61.0 Å². The first-order valence-electron chi connectivity index (χ1n) is 21.3. The molecular formula is C56H36N6O. The molecule has 7 aromatic heterocycles. The Morgan fingerprint density at radius 1 is 0.460 bits per heavy atom. The molecule has 0 spiro atoms. The molecule has 0 saturated carbocycles. The van der Waals surface area contributed by atoms with Crippen LogP contribution in [-0.4, -0.2) is 29.1 Å². The monoisotopic (exact) mass is 808 g/mol. The summed E-state index contributed by atoms with van der Waals surface area (Å²) in [7, 11) is 0. The van der Waals surface area contributed by atoms with Crippen molar-refractivity contribution in [3.05, 3.63) is 212 Å². The predicted octanol–water partition coefficient (Wildman–Crippen LogP) is 13.6. The molecule has 7 nitrogen and oxygen atoms in total. The van der Waals surface area contributed by atoms with Gasteiger partial charge in [-0.15, -0.1) is 0 Å². The van der Waals surface area contributed by atoms with Crippen LogP contribution in [0.15, 0.2) is 199 Å². The van der Waals surface area contributed by atoms with E-state index in [4.69, 9.17) is 14.4 Å².